The lowest BCUT2D eigenvalue weighted by atomic mass is 10.1. The summed E-state index contributed by atoms with van der Waals surface area (Å²) in [6, 6.07) is 3.28. The van der Waals surface area contributed by atoms with E-state index in [1.54, 1.807) is 18.3 Å². The number of aromatic nitrogens is 4. The molecule has 128 valence electrons. The molecule has 0 fully saturated rings. The molecule has 1 unspecified atom stereocenters. The molecule has 24 heavy (non-hydrogen) atoms. The van der Waals surface area contributed by atoms with Crippen LogP contribution in [0.1, 0.15) is 66.3 Å². The molecule has 1 aliphatic rings. The zero-order valence-corrected chi connectivity index (χ0v) is 14.0. The van der Waals surface area contributed by atoms with Crippen molar-refractivity contribution in [2.24, 2.45) is 5.73 Å². The van der Waals surface area contributed by atoms with E-state index in [9.17, 15) is 4.79 Å². The number of nitrogens with zero attached hydrogens (tertiary/aromatic N) is 4. The standard InChI is InChI=1S/C17H24N6O/c1-2-14(16-22-21-15-6-4-3-5-9-23(15)16)20-17(24)12-7-8-19-13(10-12)11-18/h7-8,10,14H,2-6,9,11,18H2,1H3,(H,20,24). The van der Waals surface area contributed by atoms with Crippen LogP contribution in [0.2, 0.25) is 0 Å². The summed E-state index contributed by atoms with van der Waals surface area (Å²) in [4.78, 5) is 16.7. The van der Waals surface area contributed by atoms with Crippen molar-refractivity contribution in [2.45, 2.75) is 58.2 Å². The van der Waals surface area contributed by atoms with E-state index in [0.29, 0.717) is 17.8 Å². The molecule has 0 aromatic carbocycles. The Morgan fingerprint density at radius 3 is 3.04 bits per heavy atom. The first-order chi connectivity index (χ1) is 11.7. The molecule has 3 heterocycles. The van der Waals surface area contributed by atoms with E-state index in [0.717, 1.165) is 43.9 Å². The normalized spacial score (nSPS) is 15.4. The Morgan fingerprint density at radius 2 is 2.25 bits per heavy atom. The van der Waals surface area contributed by atoms with Crippen molar-refractivity contribution < 1.29 is 4.79 Å². The van der Waals surface area contributed by atoms with Crippen LogP contribution >= 0.6 is 0 Å². The molecule has 0 bridgehead atoms. The Hall–Kier alpha value is -2.28. The van der Waals surface area contributed by atoms with Crippen LogP contribution in [0.3, 0.4) is 0 Å². The number of amides is 1. The zero-order chi connectivity index (χ0) is 16.9. The monoisotopic (exact) mass is 328 g/mol. The fourth-order valence-electron chi connectivity index (χ4n) is 3.09. The fourth-order valence-corrected chi connectivity index (χ4v) is 3.09. The van der Waals surface area contributed by atoms with Gasteiger partial charge in [-0.05, 0) is 31.4 Å². The molecule has 0 radical (unpaired) electrons. The van der Waals surface area contributed by atoms with Crippen molar-refractivity contribution in [1.82, 2.24) is 25.1 Å². The van der Waals surface area contributed by atoms with Crippen molar-refractivity contribution in [3.05, 3.63) is 41.2 Å². The van der Waals surface area contributed by atoms with Crippen molar-refractivity contribution in [3.63, 3.8) is 0 Å². The SMILES string of the molecule is CCC(NC(=O)c1ccnc(CN)c1)c1nnc2n1CCCCC2. The third-order valence-corrected chi connectivity index (χ3v) is 4.45. The first-order valence-corrected chi connectivity index (χ1v) is 8.60. The number of hydrogen-bond acceptors (Lipinski definition) is 5. The van der Waals surface area contributed by atoms with Gasteiger partial charge in [-0.25, -0.2) is 0 Å². The second-order valence-corrected chi connectivity index (χ2v) is 6.11. The van der Waals surface area contributed by atoms with Gasteiger partial charge >= 0.3 is 0 Å². The van der Waals surface area contributed by atoms with Crippen LogP contribution in [0.15, 0.2) is 18.3 Å². The van der Waals surface area contributed by atoms with Crippen LogP contribution in [0, 0.1) is 0 Å². The molecule has 1 aliphatic heterocycles. The van der Waals surface area contributed by atoms with Gasteiger partial charge in [0.25, 0.3) is 5.91 Å². The van der Waals surface area contributed by atoms with Crippen molar-refractivity contribution in [1.29, 1.82) is 0 Å². The number of pyridine rings is 1. The van der Waals surface area contributed by atoms with E-state index in [-0.39, 0.29) is 11.9 Å². The van der Waals surface area contributed by atoms with E-state index in [4.69, 9.17) is 5.73 Å². The van der Waals surface area contributed by atoms with Gasteiger partial charge in [0.1, 0.15) is 5.82 Å². The summed E-state index contributed by atoms with van der Waals surface area (Å²) in [5.41, 5.74) is 6.87. The zero-order valence-electron chi connectivity index (χ0n) is 14.0. The molecule has 2 aromatic rings. The second kappa shape index (κ2) is 7.53. The molecule has 2 aromatic heterocycles. The van der Waals surface area contributed by atoms with Gasteiger partial charge in [0.2, 0.25) is 0 Å². The summed E-state index contributed by atoms with van der Waals surface area (Å²) < 4.78 is 2.18. The van der Waals surface area contributed by atoms with E-state index >= 15 is 0 Å². The number of carbonyl (C=O) groups excluding carboxylic acids is 1. The first kappa shape index (κ1) is 16.6. The van der Waals surface area contributed by atoms with Gasteiger partial charge < -0.3 is 15.6 Å². The quantitative estimate of drug-likeness (QED) is 0.871. The number of fused-ring (bicyclic) bond motifs is 1. The van der Waals surface area contributed by atoms with E-state index in [1.807, 2.05) is 6.92 Å². The van der Waals surface area contributed by atoms with Crippen LogP contribution in [-0.2, 0) is 19.5 Å². The molecule has 7 nitrogen and oxygen atoms in total. The summed E-state index contributed by atoms with van der Waals surface area (Å²) in [5, 5.41) is 11.8. The Bertz CT molecular complexity index is 711. The molecule has 1 atom stereocenters. The highest BCUT2D eigenvalue weighted by Crippen LogP contribution is 2.21. The molecule has 0 spiro atoms. The third kappa shape index (κ3) is 3.46. The lowest BCUT2D eigenvalue weighted by Crippen LogP contribution is -2.30. The predicted molar refractivity (Wildman–Crippen MR) is 90.2 cm³/mol. The first-order valence-electron chi connectivity index (χ1n) is 8.60. The Balaban J connectivity index is 1.79. The van der Waals surface area contributed by atoms with Crippen LogP contribution in [-0.4, -0.2) is 25.7 Å². The average molecular weight is 328 g/mol. The number of hydrogen-bond donors (Lipinski definition) is 2. The minimum Gasteiger partial charge on any atom is -0.342 e. The minimum absolute atomic E-state index is 0.134. The molecule has 1 amide bonds. The smallest absolute Gasteiger partial charge is 0.251 e. The topological polar surface area (TPSA) is 98.7 Å². The molecular formula is C17H24N6O. The van der Waals surface area contributed by atoms with E-state index in [1.165, 1.54) is 6.42 Å². The molecule has 0 saturated carbocycles. The molecule has 0 aliphatic carbocycles. The molecule has 3 N–H and O–H groups in total. The van der Waals surface area contributed by atoms with Crippen LogP contribution in [0.25, 0.3) is 0 Å². The van der Waals surface area contributed by atoms with Gasteiger partial charge in [-0.15, -0.1) is 10.2 Å². The van der Waals surface area contributed by atoms with Gasteiger partial charge in [0.05, 0.1) is 11.7 Å². The van der Waals surface area contributed by atoms with Gasteiger partial charge in [0.15, 0.2) is 5.82 Å². The molecule has 0 saturated heterocycles. The van der Waals surface area contributed by atoms with Gasteiger partial charge in [-0.1, -0.05) is 13.3 Å². The highest BCUT2D eigenvalue weighted by molar-refractivity contribution is 5.94. The van der Waals surface area contributed by atoms with E-state index in [2.05, 4.69) is 25.1 Å². The predicted octanol–water partition coefficient (Wildman–Crippen LogP) is 1.74. The lowest BCUT2D eigenvalue weighted by molar-refractivity contribution is 0.0932. The van der Waals surface area contributed by atoms with Crippen LogP contribution in [0.4, 0.5) is 0 Å². The number of rotatable bonds is 5. The largest absolute Gasteiger partial charge is 0.342 e. The molecule has 7 heteroatoms. The van der Waals surface area contributed by atoms with Crippen molar-refractivity contribution >= 4 is 5.91 Å². The van der Waals surface area contributed by atoms with Gasteiger partial charge in [-0.2, -0.15) is 0 Å². The van der Waals surface area contributed by atoms with E-state index < -0.39 is 0 Å². The molecular weight excluding hydrogens is 304 g/mol. The third-order valence-electron chi connectivity index (χ3n) is 4.45. The Morgan fingerprint density at radius 1 is 1.38 bits per heavy atom. The van der Waals surface area contributed by atoms with Crippen LogP contribution in [0.5, 0.6) is 0 Å². The highest BCUT2D eigenvalue weighted by atomic mass is 16.1. The number of carbonyl (C=O) groups is 1. The summed E-state index contributed by atoms with van der Waals surface area (Å²) in [6.45, 7) is 3.29. The average Bonchev–Trinajstić information content (AvgIpc) is 2.87. The second-order valence-electron chi connectivity index (χ2n) is 6.11. The Kier molecular flexibility index (Phi) is 5.20. The van der Waals surface area contributed by atoms with Crippen LogP contribution < -0.4 is 11.1 Å². The summed E-state index contributed by atoms with van der Waals surface area (Å²) >= 11 is 0. The maximum atomic E-state index is 12.6. The highest BCUT2D eigenvalue weighted by Gasteiger charge is 2.23. The number of nitrogens with two attached hydrogens (primary N) is 1. The van der Waals surface area contributed by atoms with Gasteiger partial charge in [0, 0.05) is 31.3 Å². The van der Waals surface area contributed by atoms with Crippen molar-refractivity contribution in [3.8, 4) is 0 Å². The fraction of sp³-hybridized carbons (Fsp3) is 0.529. The summed E-state index contributed by atoms with van der Waals surface area (Å²) in [5.74, 6) is 1.75. The maximum absolute atomic E-state index is 12.6. The molecule has 3 rings (SSSR count). The maximum Gasteiger partial charge on any atom is 0.251 e. The lowest BCUT2D eigenvalue weighted by Gasteiger charge is -2.18. The summed E-state index contributed by atoms with van der Waals surface area (Å²) in [7, 11) is 0. The van der Waals surface area contributed by atoms with Gasteiger partial charge in [-0.3, -0.25) is 9.78 Å². The number of aryl methyl sites for hydroxylation is 1. The minimum atomic E-state index is -0.147. The Labute approximate surface area is 141 Å². The summed E-state index contributed by atoms with van der Waals surface area (Å²) in [6.07, 6.45) is 6.83. The number of nitrogens with one attached hydrogen (secondary N) is 1. The van der Waals surface area contributed by atoms with Crippen molar-refractivity contribution in [2.75, 3.05) is 0 Å².